The van der Waals surface area contributed by atoms with Gasteiger partial charge in [-0.05, 0) is 36.4 Å². The van der Waals surface area contributed by atoms with Crippen LogP contribution in [0.2, 0.25) is 0 Å². The van der Waals surface area contributed by atoms with E-state index in [1.807, 2.05) is 81.2 Å². The molecule has 14 heteroatoms. The van der Waals surface area contributed by atoms with E-state index in [-0.39, 0.29) is 23.6 Å². The van der Waals surface area contributed by atoms with Crippen LogP contribution in [0.4, 0.5) is 11.4 Å². The molecule has 1 aromatic heterocycles. The number of anilines is 2. The van der Waals surface area contributed by atoms with Crippen LogP contribution in [0.5, 0.6) is 0 Å². The fourth-order valence-corrected chi connectivity index (χ4v) is 9.07. The van der Waals surface area contributed by atoms with E-state index >= 15 is 0 Å². The van der Waals surface area contributed by atoms with Gasteiger partial charge in [-0.3, -0.25) is 34.3 Å². The molecule has 0 aliphatic carbocycles. The van der Waals surface area contributed by atoms with Crippen LogP contribution < -0.4 is 20.5 Å². The third-order valence-electron chi connectivity index (χ3n) is 10.1. The van der Waals surface area contributed by atoms with Crippen molar-refractivity contribution in [2.75, 3.05) is 62.4 Å². The zero-order valence-corrected chi connectivity index (χ0v) is 33.3. The first-order chi connectivity index (χ1) is 27.3. The molecule has 5 aromatic rings. The summed E-state index contributed by atoms with van der Waals surface area (Å²) < 4.78 is 6.46. The van der Waals surface area contributed by atoms with Crippen LogP contribution in [0, 0.1) is 0 Å². The van der Waals surface area contributed by atoms with Gasteiger partial charge in [0, 0.05) is 107 Å². The van der Waals surface area contributed by atoms with Gasteiger partial charge in [-0.1, -0.05) is 52.4 Å². The van der Waals surface area contributed by atoms with Gasteiger partial charge in [-0.25, -0.2) is 13.7 Å². The highest BCUT2D eigenvalue weighted by Crippen LogP contribution is 2.35. The first-order valence-corrected chi connectivity index (χ1v) is 21.2. The SMILES string of the molecule is C=C[N+](=CNCCSSCCn1cc[n+](CCCNc2ccc3c4c(cccc24)C(=O)N(C)C3=O)c1)CCCNc1ccc2c3c(cccc13)C(=O)N(C)C2=O. The molecule has 12 nitrogen and oxygen atoms in total. The molecule has 0 atom stereocenters. The van der Waals surface area contributed by atoms with Gasteiger partial charge in [0.15, 0.2) is 0 Å². The first-order valence-electron chi connectivity index (χ1n) is 18.7. The first kappa shape index (κ1) is 38.7. The van der Waals surface area contributed by atoms with E-state index in [0.717, 1.165) is 96.5 Å². The standard InChI is InChI=1S/C42H44N8O4S2/c1-4-48(20-7-17-44-35-15-13-33-37-29(35)9-5-11-31(37)39(51)46(2)41(33)53)27-43-19-25-55-56-26-24-50-23-22-49(28-50)21-8-18-45-36-16-14-34-38-30(36)10-6-12-32(38)40(52)47(3)42(34)54/h4-6,9-16,22-23,27-28H,1,7-8,17-21,24-26H2,2-3H3,(H-,44,45,51,52,53,54)/p+2. The van der Waals surface area contributed by atoms with Gasteiger partial charge in [0.05, 0.1) is 32.4 Å². The van der Waals surface area contributed by atoms with Gasteiger partial charge >= 0.3 is 0 Å². The van der Waals surface area contributed by atoms with Crippen molar-refractivity contribution in [3.63, 3.8) is 0 Å². The number of carbonyl (C=O) groups excluding carboxylic acids is 4. The molecule has 0 unspecified atom stereocenters. The normalized spacial score (nSPS) is 13.9. The molecule has 4 amide bonds. The molecule has 0 bridgehead atoms. The number of hydrogen-bond acceptors (Lipinski definition) is 8. The van der Waals surface area contributed by atoms with E-state index in [4.69, 9.17) is 0 Å². The number of imide groups is 2. The number of aryl methyl sites for hydroxylation is 2. The van der Waals surface area contributed by atoms with Crippen molar-refractivity contribution in [1.82, 2.24) is 19.7 Å². The number of nitrogens with zero attached hydrogens (tertiary/aromatic N) is 5. The number of amides is 4. The van der Waals surface area contributed by atoms with E-state index < -0.39 is 0 Å². The number of carbonyl (C=O) groups is 4. The molecule has 2 aliphatic rings. The number of aromatic nitrogens is 2. The lowest BCUT2D eigenvalue weighted by molar-refractivity contribution is -0.696. The molecular weight excluding hydrogens is 745 g/mol. The monoisotopic (exact) mass is 790 g/mol. The molecule has 0 saturated heterocycles. The molecule has 3 heterocycles. The second kappa shape index (κ2) is 17.5. The molecular formula is C42H46N8O4S2+2. The minimum absolute atomic E-state index is 0.263. The van der Waals surface area contributed by atoms with Crippen LogP contribution in [0.15, 0.2) is 92.2 Å². The lowest BCUT2D eigenvalue weighted by Gasteiger charge is -2.24. The molecule has 3 N–H and O–H groups in total. The van der Waals surface area contributed by atoms with Gasteiger partial charge in [0.2, 0.25) is 12.7 Å². The third-order valence-corrected chi connectivity index (χ3v) is 12.5. The van der Waals surface area contributed by atoms with E-state index in [2.05, 4.69) is 50.4 Å². The lowest BCUT2D eigenvalue weighted by Crippen LogP contribution is -2.36. The summed E-state index contributed by atoms with van der Waals surface area (Å²) in [6.07, 6.45) is 11.9. The molecule has 7 rings (SSSR count). The number of rotatable bonds is 19. The van der Waals surface area contributed by atoms with Crippen LogP contribution in [0.3, 0.4) is 0 Å². The Labute approximate surface area is 334 Å². The number of benzene rings is 4. The quantitative estimate of drug-likeness (QED) is 0.0242. The van der Waals surface area contributed by atoms with Crippen molar-refractivity contribution in [3.8, 4) is 0 Å². The molecule has 0 radical (unpaired) electrons. The lowest BCUT2D eigenvalue weighted by atomic mass is 9.93. The van der Waals surface area contributed by atoms with Crippen molar-refractivity contribution in [2.45, 2.75) is 25.9 Å². The maximum Gasteiger partial charge on any atom is 0.261 e. The number of imidazole rings is 1. The molecule has 56 heavy (non-hydrogen) atoms. The molecule has 0 spiro atoms. The van der Waals surface area contributed by atoms with Crippen LogP contribution in [0.25, 0.3) is 21.5 Å². The predicted molar refractivity (Wildman–Crippen MR) is 226 cm³/mol. The van der Waals surface area contributed by atoms with Crippen molar-refractivity contribution in [2.24, 2.45) is 0 Å². The predicted octanol–water partition coefficient (Wildman–Crippen LogP) is 5.69. The van der Waals surface area contributed by atoms with E-state index in [1.165, 1.54) is 23.9 Å². The third kappa shape index (κ3) is 8.03. The average Bonchev–Trinajstić information content (AvgIpc) is 3.68. The minimum atomic E-state index is -0.270. The van der Waals surface area contributed by atoms with Crippen LogP contribution in [0.1, 0.15) is 54.3 Å². The van der Waals surface area contributed by atoms with Gasteiger partial charge in [0.25, 0.3) is 23.6 Å². The van der Waals surface area contributed by atoms with Gasteiger partial charge in [0.1, 0.15) is 12.4 Å². The van der Waals surface area contributed by atoms with Crippen LogP contribution in [-0.2, 0) is 13.1 Å². The summed E-state index contributed by atoms with van der Waals surface area (Å²) in [4.78, 5) is 53.1. The van der Waals surface area contributed by atoms with Crippen molar-refractivity contribution in [3.05, 3.63) is 114 Å². The van der Waals surface area contributed by atoms with E-state index in [9.17, 15) is 19.2 Å². The topological polar surface area (TPSA) is 123 Å². The molecule has 288 valence electrons. The smallest absolute Gasteiger partial charge is 0.261 e. The Morgan fingerprint density at radius 3 is 1.86 bits per heavy atom. The second-order valence-corrected chi connectivity index (χ2v) is 16.4. The Balaban J connectivity index is 0.765. The maximum absolute atomic E-state index is 12.7. The van der Waals surface area contributed by atoms with Crippen LogP contribution >= 0.6 is 21.6 Å². The summed E-state index contributed by atoms with van der Waals surface area (Å²) in [6, 6.07) is 18.7. The zero-order chi connectivity index (χ0) is 39.2. The van der Waals surface area contributed by atoms with Gasteiger partial charge < -0.3 is 10.6 Å². The molecule has 0 fully saturated rings. The molecule has 0 saturated carbocycles. The highest BCUT2D eigenvalue weighted by atomic mass is 33.1. The van der Waals surface area contributed by atoms with Crippen molar-refractivity contribution >= 4 is 84.5 Å². The van der Waals surface area contributed by atoms with Crippen molar-refractivity contribution in [1.29, 1.82) is 0 Å². The summed E-state index contributed by atoms with van der Waals surface area (Å²) in [5.41, 5.74) is 4.09. The summed E-state index contributed by atoms with van der Waals surface area (Å²) in [5, 5.41) is 13.6. The highest BCUT2D eigenvalue weighted by molar-refractivity contribution is 8.76. The Morgan fingerprint density at radius 1 is 0.714 bits per heavy atom. The Kier molecular flexibility index (Phi) is 12.1. The Bertz CT molecular complexity index is 2330. The van der Waals surface area contributed by atoms with Crippen LogP contribution in [-0.4, -0.2) is 101 Å². The minimum Gasteiger partial charge on any atom is -0.384 e. The fourth-order valence-electron chi connectivity index (χ4n) is 7.17. The van der Waals surface area contributed by atoms with Gasteiger partial charge in [-0.15, -0.1) is 0 Å². The Hall–Kier alpha value is -5.60. The van der Waals surface area contributed by atoms with Crippen molar-refractivity contribution < 1.29 is 28.3 Å². The summed E-state index contributed by atoms with van der Waals surface area (Å²) in [5.74, 6) is 0.914. The maximum atomic E-state index is 12.7. The van der Waals surface area contributed by atoms with Gasteiger partial charge in [-0.2, -0.15) is 0 Å². The molecule has 4 aromatic carbocycles. The van der Waals surface area contributed by atoms with E-state index in [1.54, 1.807) is 18.2 Å². The largest absolute Gasteiger partial charge is 0.384 e. The zero-order valence-electron chi connectivity index (χ0n) is 31.6. The number of nitrogens with one attached hydrogen (secondary N) is 3. The summed E-state index contributed by atoms with van der Waals surface area (Å²) in [7, 11) is 6.78. The number of hydrogen-bond donors (Lipinski definition) is 3. The fraction of sp³-hybridized carbons (Fsp3) is 0.286. The summed E-state index contributed by atoms with van der Waals surface area (Å²) >= 11 is 0. The highest BCUT2D eigenvalue weighted by Gasteiger charge is 2.32. The second-order valence-electron chi connectivity index (χ2n) is 13.7. The molecule has 2 aliphatic heterocycles. The van der Waals surface area contributed by atoms with E-state index in [0.29, 0.717) is 22.3 Å². The summed E-state index contributed by atoms with van der Waals surface area (Å²) in [6.45, 7) is 8.89. The average molecular weight is 791 g/mol. The Morgan fingerprint density at radius 2 is 1.27 bits per heavy atom.